The zero-order valence-electron chi connectivity index (χ0n) is 10.5. The lowest BCUT2D eigenvalue weighted by Crippen LogP contribution is -1.90. The van der Waals surface area contributed by atoms with Gasteiger partial charge < -0.3 is 5.73 Å². The van der Waals surface area contributed by atoms with Crippen molar-refractivity contribution < 1.29 is 0 Å². The molecule has 2 nitrogen and oxygen atoms in total. The first-order chi connectivity index (χ1) is 9.15. The highest BCUT2D eigenvalue weighted by Crippen LogP contribution is 2.32. The van der Waals surface area contributed by atoms with Crippen LogP contribution in [0, 0.1) is 6.92 Å². The van der Waals surface area contributed by atoms with E-state index in [1.165, 1.54) is 0 Å². The highest BCUT2D eigenvalue weighted by Gasteiger charge is 2.07. The molecule has 19 heavy (non-hydrogen) atoms. The number of aromatic nitrogens is 1. The van der Waals surface area contributed by atoms with Gasteiger partial charge in [-0.15, -0.1) is 0 Å². The molecule has 3 heteroatoms. The molecule has 0 bridgehead atoms. The topological polar surface area (TPSA) is 38.9 Å². The van der Waals surface area contributed by atoms with Gasteiger partial charge in [-0.3, -0.25) is 0 Å². The second-order valence-electron chi connectivity index (χ2n) is 4.60. The van der Waals surface area contributed by atoms with Crippen molar-refractivity contribution in [1.82, 2.24) is 4.98 Å². The van der Waals surface area contributed by atoms with E-state index in [2.05, 4.69) is 30.1 Å². The number of anilines is 1. The fourth-order valence-electron chi connectivity index (χ4n) is 2.31. The molecule has 2 aromatic carbocycles. The van der Waals surface area contributed by atoms with Crippen LogP contribution in [0.3, 0.4) is 0 Å². The van der Waals surface area contributed by atoms with Gasteiger partial charge in [0.1, 0.15) is 5.82 Å². The average molecular weight is 269 g/mol. The quantitative estimate of drug-likeness (QED) is 0.708. The van der Waals surface area contributed by atoms with Crippen LogP contribution in [-0.2, 0) is 0 Å². The Morgan fingerprint density at radius 1 is 1.05 bits per heavy atom. The number of benzene rings is 2. The molecular weight excluding hydrogens is 256 g/mol. The Hall–Kier alpha value is -2.06. The largest absolute Gasteiger partial charge is 0.384 e. The Morgan fingerprint density at radius 2 is 1.89 bits per heavy atom. The zero-order valence-corrected chi connectivity index (χ0v) is 11.3. The van der Waals surface area contributed by atoms with E-state index in [0.29, 0.717) is 5.82 Å². The standard InChI is InChI=1S/C16H13ClN2/c1-10-3-2-4-14(17)16(10)12-6-5-11-8-15(18)19-9-13(11)7-12/h2-9H,1H3,(H2,18,19). The van der Waals surface area contributed by atoms with Crippen LogP contribution in [0.15, 0.2) is 48.7 Å². The molecule has 0 aliphatic heterocycles. The van der Waals surface area contributed by atoms with Gasteiger partial charge in [0.05, 0.1) is 0 Å². The SMILES string of the molecule is Cc1cccc(Cl)c1-c1ccc2cc(N)ncc2c1. The van der Waals surface area contributed by atoms with E-state index < -0.39 is 0 Å². The van der Waals surface area contributed by atoms with Crippen LogP contribution < -0.4 is 5.73 Å². The van der Waals surface area contributed by atoms with Crippen molar-refractivity contribution in [2.24, 2.45) is 0 Å². The molecule has 1 heterocycles. The lowest BCUT2D eigenvalue weighted by molar-refractivity contribution is 1.37. The fraction of sp³-hybridized carbons (Fsp3) is 0.0625. The van der Waals surface area contributed by atoms with Crippen LogP contribution in [-0.4, -0.2) is 4.98 Å². The van der Waals surface area contributed by atoms with E-state index in [0.717, 1.165) is 32.5 Å². The molecule has 3 aromatic rings. The maximum absolute atomic E-state index is 6.30. The zero-order chi connectivity index (χ0) is 13.4. The Kier molecular flexibility index (Phi) is 2.88. The number of fused-ring (bicyclic) bond motifs is 1. The number of hydrogen-bond donors (Lipinski definition) is 1. The van der Waals surface area contributed by atoms with E-state index in [1.54, 1.807) is 6.20 Å². The fourth-order valence-corrected chi connectivity index (χ4v) is 2.64. The predicted octanol–water partition coefficient (Wildman–Crippen LogP) is 4.45. The van der Waals surface area contributed by atoms with Gasteiger partial charge in [0.15, 0.2) is 0 Å². The van der Waals surface area contributed by atoms with Crippen LogP contribution in [0.25, 0.3) is 21.9 Å². The number of pyridine rings is 1. The number of nitrogen functional groups attached to an aromatic ring is 1. The summed E-state index contributed by atoms with van der Waals surface area (Å²) in [4.78, 5) is 4.13. The van der Waals surface area contributed by atoms with Crippen molar-refractivity contribution in [2.45, 2.75) is 6.92 Å². The van der Waals surface area contributed by atoms with Gasteiger partial charge in [-0.1, -0.05) is 35.9 Å². The van der Waals surface area contributed by atoms with Crippen molar-refractivity contribution in [3.8, 4) is 11.1 Å². The molecule has 0 radical (unpaired) electrons. The number of nitrogens with zero attached hydrogens (tertiary/aromatic N) is 1. The summed E-state index contributed by atoms with van der Waals surface area (Å²) >= 11 is 6.30. The molecule has 0 atom stereocenters. The minimum atomic E-state index is 0.536. The highest BCUT2D eigenvalue weighted by atomic mass is 35.5. The van der Waals surface area contributed by atoms with Crippen LogP contribution in [0.4, 0.5) is 5.82 Å². The van der Waals surface area contributed by atoms with E-state index in [4.69, 9.17) is 17.3 Å². The van der Waals surface area contributed by atoms with Crippen molar-refractivity contribution in [3.63, 3.8) is 0 Å². The van der Waals surface area contributed by atoms with Crippen molar-refractivity contribution >= 4 is 28.2 Å². The second-order valence-corrected chi connectivity index (χ2v) is 5.01. The smallest absolute Gasteiger partial charge is 0.123 e. The van der Waals surface area contributed by atoms with Gasteiger partial charge in [-0.2, -0.15) is 0 Å². The van der Waals surface area contributed by atoms with E-state index in [-0.39, 0.29) is 0 Å². The maximum atomic E-state index is 6.30. The van der Waals surface area contributed by atoms with Crippen LogP contribution in [0.1, 0.15) is 5.56 Å². The first kappa shape index (κ1) is 12.0. The Bertz CT molecular complexity index is 746. The predicted molar refractivity (Wildman–Crippen MR) is 81.3 cm³/mol. The lowest BCUT2D eigenvalue weighted by atomic mass is 9.98. The van der Waals surface area contributed by atoms with Gasteiger partial charge in [-0.25, -0.2) is 4.98 Å². The van der Waals surface area contributed by atoms with Crippen LogP contribution in [0.2, 0.25) is 5.02 Å². The minimum Gasteiger partial charge on any atom is -0.384 e. The van der Waals surface area contributed by atoms with E-state index in [1.807, 2.05) is 24.3 Å². The molecule has 0 aliphatic carbocycles. The molecule has 0 spiro atoms. The highest BCUT2D eigenvalue weighted by molar-refractivity contribution is 6.33. The third-order valence-corrected chi connectivity index (χ3v) is 3.57. The van der Waals surface area contributed by atoms with Crippen molar-refractivity contribution in [3.05, 3.63) is 59.2 Å². The normalized spacial score (nSPS) is 10.8. The number of halogens is 1. The summed E-state index contributed by atoms with van der Waals surface area (Å²) < 4.78 is 0. The number of hydrogen-bond acceptors (Lipinski definition) is 2. The van der Waals surface area contributed by atoms with E-state index >= 15 is 0 Å². The van der Waals surface area contributed by atoms with Crippen molar-refractivity contribution in [1.29, 1.82) is 0 Å². The second kappa shape index (κ2) is 4.56. The summed E-state index contributed by atoms with van der Waals surface area (Å²) in [6.45, 7) is 2.06. The molecule has 0 saturated heterocycles. The summed E-state index contributed by atoms with van der Waals surface area (Å²) in [6, 6.07) is 14.0. The van der Waals surface area contributed by atoms with Gasteiger partial charge >= 0.3 is 0 Å². The van der Waals surface area contributed by atoms with Gasteiger partial charge in [0.2, 0.25) is 0 Å². The summed E-state index contributed by atoms with van der Waals surface area (Å²) in [5.41, 5.74) is 9.02. The molecule has 0 saturated carbocycles. The molecule has 0 aliphatic rings. The summed E-state index contributed by atoms with van der Waals surface area (Å²) in [7, 11) is 0. The molecule has 0 amide bonds. The summed E-state index contributed by atoms with van der Waals surface area (Å²) in [6.07, 6.45) is 1.79. The number of rotatable bonds is 1. The molecule has 1 aromatic heterocycles. The molecular formula is C16H13ClN2. The average Bonchev–Trinajstić information content (AvgIpc) is 2.38. The number of nitrogens with two attached hydrogens (primary N) is 1. The van der Waals surface area contributed by atoms with Crippen LogP contribution >= 0.6 is 11.6 Å². The van der Waals surface area contributed by atoms with Gasteiger partial charge in [-0.05, 0) is 41.6 Å². The number of aryl methyl sites for hydroxylation is 1. The first-order valence-corrected chi connectivity index (χ1v) is 6.44. The monoisotopic (exact) mass is 268 g/mol. The third kappa shape index (κ3) is 2.15. The molecule has 2 N–H and O–H groups in total. The Morgan fingerprint density at radius 3 is 2.68 bits per heavy atom. The maximum Gasteiger partial charge on any atom is 0.123 e. The molecule has 94 valence electrons. The van der Waals surface area contributed by atoms with Gasteiger partial charge in [0, 0.05) is 22.2 Å². The third-order valence-electron chi connectivity index (χ3n) is 3.25. The van der Waals surface area contributed by atoms with E-state index in [9.17, 15) is 0 Å². The lowest BCUT2D eigenvalue weighted by Gasteiger charge is -2.09. The van der Waals surface area contributed by atoms with Gasteiger partial charge in [0.25, 0.3) is 0 Å². The summed E-state index contributed by atoms with van der Waals surface area (Å²) in [5, 5.41) is 2.91. The summed E-state index contributed by atoms with van der Waals surface area (Å²) in [5.74, 6) is 0.536. The first-order valence-electron chi connectivity index (χ1n) is 6.06. The molecule has 0 unspecified atom stereocenters. The Labute approximate surface area is 116 Å². The Balaban J connectivity index is 2.24. The molecule has 0 fully saturated rings. The van der Waals surface area contributed by atoms with Crippen molar-refractivity contribution in [2.75, 3.05) is 5.73 Å². The minimum absolute atomic E-state index is 0.536. The van der Waals surface area contributed by atoms with Crippen LogP contribution in [0.5, 0.6) is 0 Å². The molecule has 3 rings (SSSR count).